The Labute approximate surface area is 148 Å². The van der Waals surface area contributed by atoms with E-state index in [0.29, 0.717) is 13.2 Å². The minimum atomic E-state index is -0.358. The molecule has 0 radical (unpaired) electrons. The van der Waals surface area contributed by atoms with E-state index in [2.05, 4.69) is 44.2 Å². The van der Waals surface area contributed by atoms with E-state index >= 15 is 0 Å². The molecule has 3 saturated heterocycles. The van der Waals surface area contributed by atoms with Gasteiger partial charge in [-0.15, -0.1) is 0 Å². The molecule has 7 heteroatoms. The summed E-state index contributed by atoms with van der Waals surface area (Å²) in [5, 5.41) is 3.29. The number of hydrogen-bond donors (Lipinski definition) is 1. The molecule has 1 atom stereocenters. The number of methoxy groups -OCH3 is 1. The first kappa shape index (κ1) is 16.8. The van der Waals surface area contributed by atoms with Gasteiger partial charge in [0.05, 0.1) is 13.2 Å². The number of aromatic nitrogens is 1. The number of carbonyl (C=O) groups is 1. The van der Waals surface area contributed by atoms with Crippen molar-refractivity contribution in [3.63, 3.8) is 0 Å². The molecule has 4 heterocycles. The van der Waals surface area contributed by atoms with Crippen LogP contribution in [-0.4, -0.2) is 85.4 Å². The molecule has 1 spiro atoms. The van der Waals surface area contributed by atoms with Gasteiger partial charge in [-0.25, -0.2) is 0 Å². The van der Waals surface area contributed by atoms with Gasteiger partial charge in [0.2, 0.25) is 5.91 Å². The number of nitrogens with one attached hydrogen (secondary N) is 1. The summed E-state index contributed by atoms with van der Waals surface area (Å²) in [4.78, 5) is 23.6. The fraction of sp³-hybridized carbons (Fsp3) is 0.667. The number of anilines is 1. The maximum absolute atomic E-state index is 12.6. The van der Waals surface area contributed by atoms with Crippen molar-refractivity contribution in [2.24, 2.45) is 0 Å². The highest BCUT2D eigenvalue weighted by Crippen LogP contribution is 2.43. The van der Waals surface area contributed by atoms with Gasteiger partial charge in [-0.05, 0) is 32.0 Å². The second-order valence-electron chi connectivity index (χ2n) is 7.47. The first-order valence-corrected chi connectivity index (χ1v) is 9.00. The van der Waals surface area contributed by atoms with E-state index < -0.39 is 0 Å². The Balaban J connectivity index is 1.56. The van der Waals surface area contributed by atoms with Gasteiger partial charge in [0.15, 0.2) is 0 Å². The third-order valence-electron chi connectivity index (χ3n) is 6.37. The van der Waals surface area contributed by atoms with Crippen LogP contribution in [0.5, 0.6) is 0 Å². The van der Waals surface area contributed by atoms with Crippen molar-refractivity contribution in [2.45, 2.75) is 24.0 Å². The number of likely N-dealkylation sites (N-methyl/N-ethyl adjacent to an activating group) is 1. The molecule has 136 valence electrons. The van der Waals surface area contributed by atoms with Crippen LogP contribution in [-0.2, 0) is 9.53 Å². The van der Waals surface area contributed by atoms with Crippen molar-refractivity contribution in [1.29, 1.82) is 0 Å². The molecule has 3 aliphatic rings. The highest BCUT2D eigenvalue weighted by molar-refractivity contribution is 5.80. The van der Waals surface area contributed by atoms with E-state index in [1.54, 1.807) is 7.11 Å². The topological polar surface area (TPSA) is 60.9 Å². The number of fused-ring (bicyclic) bond motifs is 1. The van der Waals surface area contributed by atoms with Crippen LogP contribution in [0.2, 0.25) is 0 Å². The van der Waals surface area contributed by atoms with Crippen molar-refractivity contribution in [2.75, 3.05) is 58.4 Å². The van der Waals surface area contributed by atoms with Crippen LogP contribution in [0, 0.1) is 0 Å². The van der Waals surface area contributed by atoms with Crippen molar-refractivity contribution in [3.05, 3.63) is 24.5 Å². The zero-order valence-corrected chi connectivity index (χ0v) is 15.1. The summed E-state index contributed by atoms with van der Waals surface area (Å²) in [5.74, 6) is 0.184. The lowest BCUT2D eigenvalue weighted by molar-refractivity contribution is -0.147. The molecule has 1 aromatic heterocycles. The molecule has 4 rings (SSSR count). The van der Waals surface area contributed by atoms with Crippen LogP contribution in [0.25, 0.3) is 0 Å². The predicted molar refractivity (Wildman–Crippen MR) is 95.4 cm³/mol. The lowest BCUT2D eigenvalue weighted by Crippen LogP contribution is -2.69. The first-order valence-electron chi connectivity index (χ1n) is 9.00. The second-order valence-corrected chi connectivity index (χ2v) is 7.47. The molecule has 7 nitrogen and oxygen atoms in total. The number of ether oxygens (including phenoxy) is 1. The van der Waals surface area contributed by atoms with Gasteiger partial charge in [-0.2, -0.15) is 0 Å². The monoisotopic (exact) mass is 345 g/mol. The molecular formula is C18H27N5O2. The Morgan fingerprint density at radius 1 is 1.28 bits per heavy atom. The number of piperazine rings is 1. The van der Waals surface area contributed by atoms with Crippen LogP contribution in [0.15, 0.2) is 24.5 Å². The molecule has 25 heavy (non-hydrogen) atoms. The molecule has 3 fully saturated rings. The Hall–Kier alpha value is -1.70. The standard InChI is InChI=1S/C18H27N5O2/c1-21-17(5-9-22(10-6-17)15-3-7-19-8-4-15)13-23-16(24)11-20-12-18(21,23)14-25-2/h3-4,7-8,20H,5-6,9-14H2,1-2H3. The summed E-state index contributed by atoms with van der Waals surface area (Å²) in [5.41, 5.74) is 0.903. The van der Waals surface area contributed by atoms with Gasteiger partial charge in [0.1, 0.15) is 5.66 Å². The zero-order valence-electron chi connectivity index (χ0n) is 15.1. The Kier molecular flexibility index (Phi) is 4.17. The van der Waals surface area contributed by atoms with Gasteiger partial charge < -0.3 is 19.9 Å². The minimum absolute atomic E-state index is 0.0315. The summed E-state index contributed by atoms with van der Waals surface area (Å²) < 4.78 is 5.54. The maximum atomic E-state index is 12.6. The summed E-state index contributed by atoms with van der Waals surface area (Å²) in [7, 11) is 3.89. The predicted octanol–water partition coefficient (Wildman–Crippen LogP) is 0.141. The average Bonchev–Trinajstić information content (AvgIpc) is 2.88. The molecule has 1 unspecified atom stereocenters. The van der Waals surface area contributed by atoms with Crippen LogP contribution < -0.4 is 10.2 Å². The van der Waals surface area contributed by atoms with E-state index in [0.717, 1.165) is 39.0 Å². The number of carbonyl (C=O) groups excluding carboxylic acids is 1. The van der Waals surface area contributed by atoms with Gasteiger partial charge in [0.25, 0.3) is 0 Å². The summed E-state index contributed by atoms with van der Waals surface area (Å²) >= 11 is 0. The third-order valence-corrected chi connectivity index (χ3v) is 6.37. The van der Waals surface area contributed by atoms with Crippen LogP contribution in [0.1, 0.15) is 12.8 Å². The lowest BCUT2D eigenvalue weighted by Gasteiger charge is -2.49. The van der Waals surface area contributed by atoms with E-state index in [1.807, 2.05) is 12.4 Å². The van der Waals surface area contributed by atoms with E-state index in [4.69, 9.17) is 4.74 Å². The van der Waals surface area contributed by atoms with Gasteiger partial charge in [0, 0.05) is 56.9 Å². The van der Waals surface area contributed by atoms with Gasteiger partial charge >= 0.3 is 0 Å². The molecule has 1 aromatic rings. The Morgan fingerprint density at radius 2 is 2.00 bits per heavy atom. The van der Waals surface area contributed by atoms with Crippen LogP contribution in [0.4, 0.5) is 5.69 Å². The maximum Gasteiger partial charge on any atom is 0.238 e. The number of pyridine rings is 1. The van der Waals surface area contributed by atoms with E-state index in [1.165, 1.54) is 5.69 Å². The second kappa shape index (κ2) is 6.23. The highest BCUT2D eigenvalue weighted by atomic mass is 16.5. The van der Waals surface area contributed by atoms with Crippen molar-refractivity contribution in [3.8, 4) is 0 Å². The molecule has 0 aromatic carbocycles. The van der Waals surface area contributed by atoms with E-state index in [-0.39, 0.29) is 17.1 Å². The third kappa shape index (κ3) is 2.53. The van der Waals surface area contributed by atoms with Crippen LogP contribution in [0.3, 0.4) is 0 Å². The van der Waals surface area contributed by atoms with Crippen LogP contribution >= 0.6 is 0 Å². The van der Waals surface area contributed by atoms with Crippen molar-refractivity contribution < 1.29 is 9.53 Å². The Bertz CT molecular complexity index is 628. The minimum Gasteiger partial charge on any atom is -0.381 e. The Morgan fingerprint density at radius 3 is 2.68 bits per heavy atom. The molecule has 0 bridgehead atoms. The highest BCUT2D eigenvalue weighted by Gasteiger charge is 2.60. The molecular weight excluding hydrogens is 318 g/mol. The smallest absolute Gasteiger partial charge is 0.238 e. The number of amides is 1. The normalized spacial score (nSPS) is 29.3. The fourth-order valence-electron chi connectivity index (χ4n) is 4.86. The molecule has 3 aliphatic heterocycles. The summed E-state index contributed by atoms with van der Waals surface area (Å²) in [6, 6.07) is 4.14. The van der Waals surface area contributed by atoms with Gasteiger partial charge in [-0.1, -0.05) is 0 Å². The lowest BCUT2D eigenvalue weighted by atomic mass is 9.86. The molecule has 0 aliphatic carbocycles. The summed E-state index contributed by atoms with van der Waals surface area (Å²) in [6.07, 6.45) is 5.78. The molecule has 1 amide bonds. The van der Waals surface area contributed by atoms with Crippen molar-refractivity contribution >= 4 is 11.6 Å². The number of piperidine rings is 1. The quantitative estimate of drug-likeness (QED) is 0.841. The van der Waals surface area contributed by atoms with Gasteiger partial charge in [-0.3, -0.25) is 14.7 Å². The zero-order chi connectivity index (χ0) is 17.5. The first-order chi connectivity index (χ1) is 12.1. The average molecular weight is 345 g/mol. The summed E-state index contributed by atoms with van der Waals surface area (Å²) in [6.45, 7) is 4.52. The molecule has 1 N–H and O–H groups in total. The fourth-order valence-corrected chi connectivity index (χ4v) is 4.86. The SMILES string of the molecule is COCC12CNCC(=O)N1CC1(CCN(c3ccncc3)CC1)N2C. The van der Waals surface area contributed by atoms with E-state index in [9.17, 15) is 4.79 Å². The molecule has 0 saturated carbocycles. The number of hydrogen-bond acceptors (Lipinski definition) is 6. The van der Waals surface area contributed by atoms with Crippen molar-refractivity contribution in [1.82, 2.24) is 20.1 Å². The largest absolute Gasteiger partial charge is 0.381 e. The number of rotatable bonds is 3. The number of nitrogens with zero attached hydrogens (tertiary/aromatic N) is 4.